The number of nitrogens with one attached hydrogen (secondary N) is 1. The molecule has 0 radical (unpaired) electrons. The molecule has 2 rings (SSSR count). The van der Waals surface area contributed by atoms with E-state index in [1.54, 1.807) is 43.5 Å². The van der Waals surface area contributed by atoms with Crippen molar-refractivity contribution in [2.24, 2.45) is 0 Å². The van der Waals surface area contributed by atoms with Gasteiger partial charge in [-0.2, -0.15) is 0 Å². The average molecular weight is 275 g/mol. The molecule has 106 valence electrons. The van der Waals surface area contributed by atoms with E-state index in [0.29, 0.717) is 30.0 Å². The molecule has 1 heterocycles. The van der Waals surface area contributed by atoms with Gasteiger partial charge in [0.15, 0.2) is 0 Å². The fraction of sp³-hybridized carbons (Fsp3) is 0.267. The van der Waals surface area contributed by atoms with Crippen molar-refractivity contribution in [2.45, 2.75) is 12.5 Å². The van der Waals surface area contributed by atoms with Crippen LogP contribution in [0, 0.1) is 0 Å². The second kappa shape index (κ2) is 6.77. The summed E-state index contributed by atoms with van der Waals surface area (Å²) in [6, 6.07) is 10.3. The van der Waals surface area contributed by atoms with Crippen molar-refractivity contribution >= 4 is 5.91 Å². The average Bonchev–Trinajstić information content (AvgIpc) is 3.01. The molecule has 1 aromatic heterocycles. The summed E-state index contributed by atoms with van der Waals surface area (Å²) >= 11 is 0. The van der Waals surface area contributed by atoms with E-state index >= 15 is 0 Å². The molecule has 0 fully saturated rings. The number of hydrogen-bond donors (Lipinski definition) is 2. The van der Waals surface area contributed by atoms with Crippen molar-refractivity contribution in [3.8, 4) is 5.75 Å². The van der Waals surface area contributed by atoms with Crippen LogP contribution in [0.15, 0.2) is 47.1 Å². The standard InChI is InChI=1S/C15H17NO4/c1-19-12-5-2-4-11(10-12)15(18)16-8-7-13(17)14-6-3-9-20-14/h2-6,9-10,13,17H,7-8H2,1H3,(H,16,18). The quantitative estimate of drug-likeness (QED) is 0.847. The Morgan fingerprint density at radius 1 is 1.40 bits per heavy atom. The third-order valence-electron chi connectivity index (χ3n) is 2.91. The summed E-state index contributed by atoms with van der Waals surface area (Å²) in [6.07, 6.45) is 1.19. The molecule has 2 aromatic rings. The Morgan fingerprint density at radius 3 is 2.95 bits per heavy atom. The van der Waals surface area contributed by atoms with Gasteiger partial charge < -0.3 is 19.6 Å². The molecule has 0 bridgehead atoms. The van der Waals surface area contributed by atoms with Crippen molar-refractivity contribution in [3.63, 3.8) is 0 Å². The van der Waals surface area contributed by atoms with Crippen LogP contribution < -0.4 is 10.1 Å². The van der Waals surface area contributed by atoms with E-state index in [9.17, 15) is 9.90 Å². The van der Waals surface area contributed by atoms with E-state index in [4.69, 9.17) is 9.15 Å². The number of amides is 1. The topological polar surface area (TPSA) is 71.7 Å². The summed E-state index contributed by atoms with van der Waals surface area (Å²) < 4.78 is 10.2. The first-order valence-electron chi connectivity index (χ1n) is 6.34. The molecule has 0 aliphatic rings. The summed E-state index contributed by atoms with van der Waals surface area (Å²) in [7, 11) is 1.55. The summed E-state index contributed by atoms with van der Waals surface area (Å²) in [4.78, 5) is 11.9. The predicted molar refractivity (Wildman–Crippen MR) is 73.6 cm³/mol. The van der Waals surface area contributed by atoms with Gasteiger partial charge in [0.25, 0.3) is 5.91 Å². The Bertz CT molecular complexity index is 551. The van der Waals surface area contributed by atoms with Gasteiger partial charge in [0.2, 0.25) is 0 Å². The normalized spacial score (nSPS) is 11.9. The van der Waals surface area contributed by atoms with Crippen LogP contribution in [-0.4, -0.2) is 24.7 Å². The zero-order valence-electron chi connectivity index (χ0n) is 11.2. The van der Waals surface area contributed by atoms with Gasteiger partial charge in [0.1, 0.15) is 17.6 Å². The minimum atomic E-state index is -0.712. The Hall–Kier alpha value is -2.27. The van der Waals surface area contributed by atoms with E-state index in [1.807, 2.05) is 0 Å². The lowest BCUT2D eigenvalue weighted by atomic mass is 10.2. The molecule has 5 nitrogen and oxygen atoms in total. The van der Waals surface area contributed by atoms with E-state index in [-0.39, 0.29) is 5.91 Å². The first-order chi connectivity index (χ1) is 9.70. The Balaban J connectivity index is 1.83. The van der Waals surface area contributed by atoms with E-state index in [1.165, 1.54) is 6.26 Å². The molecule has 1 aromatic carbocycles. The van der Waals surface area contributed by atoms with E-state index < -0.39 is 6.10 Å². The highest BCUT2D eigenvalue weighted by Gasteiger charge is 2.11. The van der Waals surface area contributed by atoms with E-state index in [2.05, 4.69) is 5.32 Å². The summed E-state index contributed by atoms with van der Waals surface area (Å²) in [6.45, 7) is 0.359. The SMILES string of the molecule is COc1cccc(C(=O)NCCC(O)c2ccco2)c1. The molecule has 1 unspecified atom stereocenters. The van der Waals surface area contributed by atoms with Crippen molar-refractivity contribution < 1.29 is 19.1 Å². The number of furan rings is 1. The Labute approximate surface area is 117 Å². The molecule has 0 spiro atoms. The third-order valence-corrected chi connectivity index (χ3v) is 2.91. The fourth-order valence-electron chi connectivity index (χ4n) is 1.81. The number of aliphatic hydroxyl groups is 1. The monoisotopic (exact) mass is 275 g/mol. The largest absolute Gasteiger partial charge is 0.497 e. The first kappa shape index (κ1) is 14.1. The highest BCUT2D eigenvalue weighted by molar-refractivity contribution is 5.94. The van der Waals surface area contributed by atoms with Crippen molar-refractivity contribution in [1.82, 2.24) is 5.32 Å². The van der Waals surface area contributed by atoms with Gasteiger partial charge in [0, 0.05) is 12.1 Å². The van der Waals surface area contributed by atoms with Gasteiger partial charge in [-0.1, -0.05) is 6.07 Å². The lowest BCUT2D eigenvalue weighted by molar-refractivity contribution is 0.0935. The molecular formula is C15H17NO4. The Morgan fingerprint density at radius 2 is 2.25 bits per heavy atom. The van der Waals surface area contributed by atoms with E-state index in [0.717, 1.165) is 0 Å². The molecule has 1 atom stereocenters. The number of benzene rings is 1. The number of carbonyl (C=O) groups is 1. The zero-order valence-corrected chi connectivity index (χ0v) is 11.2. The molecule has 2 N–H and O–H groups in total. The predicted octanol–water partition coefficient (Wildman–Crippen LogP) is 2.14. The fourth-order valence-corrected chi connectivity index (χ4v) is 1.81. The summed E-state index contributed by atoms with van der Waals surface area (Å²) in [5, 5.41) is 12.6. The molecule has 0 aliphatic carbocycles. The van der Waals surface area contributed by atoms with Gasteiger partial charge in [-0.25, -0.2) is 0 Å². The summed E-state index contributed by atoms with van der Waals surface area (Å²) in [5.74, 6) is 0.935. The van der Waals surface area contributed by atoms with Crippen molar-refractivity contribution in [1.29, 1.82) is 0 Å². The third kappa shape index (κ3) is 3.61. The molecule has 0 aliphatic heterocycles. The van der Waals surface area contributed by atoms with Crippen LogP contribution in [0.5, 0.6) is 5.75 Å². The summed E-state index contributed by atoms with van der Waals surface area (Å²) in [5.41, 5.74) is 0.525. The van der Waals surface area contributed by atoms with Crippen LogP contribution in [0.3, 0.4) is 0 Å². The highest BCUT2D eigenvalue weighted by atomic mass is 16.5. The van der Waals surface area contributed by atoms with Crippen LogP contribution in [0.4, 0.5) is 0 Å². The minimum Gasteiger partial charge on any atom is -0.497 e. The molecule has 5 heteroatoms. The molecule has 20 heavy (non-hydrogen) atoms. The number of rotatable bonds is 6. The second-order valence-electron chi connectivity index (χ2n) is 4.31. The van der Waals surface area contributed by atoms with Gasteiger partial charge in [-0.15, -0.1) is 0 Å². The smallest absolute Gasteiger partial charge is 0.251 e. The van der Waals surface area contributed by atoms with Crippen LogP contribution in [0.2, 0.25) is 0 Å². The maximum Gasteiger partial charge on any atom is 0.251 e. The van der Waals surface area contributed by atoms with Gasteiger partial charge in [-0.05, 0) is 36.8 Å². The van der Waals surface area contributed by atoms with Gasteiger partial charge >= 0.3 is 0 Å². The van der Waals surface area contributed by atoms with Crippen LogP contribution in [-0.2, 0) is 0 Å². The van der Waals surface area contributed by atoms with Crippen LogP contribution in [0.25, 0.3) is 0 Å². The first-order valence-corrected chi connectivity index (χ1v) is 6.34. The number of hydrogen-bond acceptors (Lipinski definition) is 4. The van der Waals surface area contributed by atoms with Crippen LogP contribution in [0.1, 0.15) is 28.6 Å². The lowest BCUT2D eigenvalue weighted by Crippen LogP contribution is -2.25. The highest BCUT2D eigenvalue weighted by Crippen LogP contribution is 2.16. The molecular weight excluding hydrogens is 258 g/mol. The van der Waals surface area contributed by atoms with Gasteiger partial charge in [0.05, 0.1) is 13.4 Å². The molecule has 0 saturated carbocycles. The maximum atomic E-state index is 11.9. The maximum absolute atomic E-state index is 11.9. The number of methoxy groups -OCH3 is 1. The number of ether oxygens (including phenoxy) is 1. The van der Waals surface area contributed by atoms with Gasteiger partial charge in [-0.3, -0.25) is 4.79 Å². The second-order valence-corrected chi connectivity index (χ2v) is 4.31. The van der Waals surface area contributed by atoms with Crippen LogP contribution >= 0.6 is 0 Å². The molecule has 1 amide bonds. The molecule has 0 saturated heterocycles. The zero-order chi connectivity index (χ0) is 14.4. The minimum absolute atomic E-state index is 0.199. The number of carbonyl (C=O) groups excluding carboxylic acids is 1. The Kier molecular flexibility index (Phi) is 4.79. The van der Waals surface area contributed by atoms with Crippen molar-refractivity contribution in [3.05, 3.63) is 54.0 Å². The lowest BCUT2D eigenvalue weighted by Gasteiger charge is -2.09. The van der Waals surface area contributed by atoms with Crippen molar-refractivity contribution in [2.75, 3.05) is 13.7 Å². The number of aliphatic hydroxyl groups excluding tert-OH is 1.